The number of allylic oxidation sites excluding steroid dienone is 10. The molecule has 5 aromatic carbocycles. The molecule has 4 aliphatic carbocycles. The number of rotatable bonds is 3. The molecule has 0 aliphatic heterocycles. The van der Waals surface area contributed by atoms with E-state index in [0.29, 0.717) is 23.7 Å². The first kappa shape index (κ1) is 26.5. The maximum Gasteiger partial charge on any atom is 0.0159 e. The molecule has 0 heterocycles. The van der Waals surface area contributed by atoms with E-state index in [-0.39, 0.29) is 5.41 Å². The highest BCUT2D eigenvalue weighted by Crippen LogP contribution is 2.51. The molecule has 0 heteroatoms. The first-order valence-corrected chi connectivity index (χ1v) is 16.4. The Morgan fingerprint density at radius 3 is 1.84 bits per heavy atom. The Morgan fingerprint density at radius 2 is 1.07 bits per heavy atom. The van der Waals surface area contributed by atoms with Crippen LogP contribution in [-0.4, -0.2) is 0 Å². The number of fused-ring (bicyclic) bond motifs is 7. The maximum absolute atomic E-state index is 2.53. The van der Waals surface area contributed by atoms with Gasteiger partial charge in [0.2, 0.25) is 0 Å². The summed E-state index contributed by atoms with van der Waals surface area (Å²) < 4.78 is 0. The van der Waals surface area contributed by atoms with E-state index in [9.17, 15) is 0 Å². The lowest BCUT2D eigenvalue weighted by atomic mass is 9.63. The fourth-order valence-corrected chi connectivity index (χ4v) is 8.45. The van der Waals surface area contributed by atoms with E-state index in [2.05, 4.69) is 172 Å². The summed E-state index contributed by atoms with van der Waals surface area (Å²) in [5, 5.41) is 2.57. The van der Waals surface area contributed by atoms with E-state index in [4.69, 9.17) is 0 Å². The molecule has 9 rings (SSSR count). The molecule has 0 radical (unpaired) electrons. The lowest BCUT2D eigenvalue weighted by Crippen LogP contribution is -2.31. The van der Waals surface area contributed by atoms with Gasteiger partial charge in [-0.1, -0.05) is 147 Å². The summed E-state index contributed by atoms with van der Waals surface area (Å²) in [7, 11) is 0. The molecule has 216 valence electrons. The quantitative estimate of drug-likeness (QED) is 0.200. The molecule has 0 saturated heterocycles. The van der Waals surface area contributed by atoms with Gasteiger partial charge in [-0.25, -0.2) is 0 Å². The summed E-state index contributed by atoms with van der Waals surface area (Å²) in [5.41, 5.74) is 13.4. The van der Waals surface area contributed by atoms with Crippen molar-refractivity contribution in [2.75, 3.05) is 0 Å². The highest BCUT2D eigenvalue weighted by molar-refractivity contribution is 5.90. The third-order valence-corrected chi connectivity index (χ3v) is 10.9. The van der Waals surface area contributed by atoms with E-state index in [1.54, 1.807) is 0 Å². The number of hydrogen-bond acceptors (Lipinski definition) is 0. The Kier molecular flexibility index (Phi) is 5.91. The molecule has 0 nitrogen and oxygen atoms in total. The Bertz CT molecular complexity index is 2160. The molecule has 0 fully saturated rings. The van der Waals surface area contributed by atoms with Crippen molar-refractivity contribution in [2.24, 2.45) is 23.7 Å². The molecular weight excluding hydrogens is 540 g/mol. The van der Waals surface area contributed by atoms with E-state index in [1.165, 1.54) is 66.4 Å². The zero-order valence-corrected chi connectivity index (χ0v) is 25.8. The molecule has 0 N–H and O–H groups in total. The van der Waals surface area contributed by atoms with Crippen LogP contribution in [0.3, 0.4) is 0 Å². The molecular formula is C45H36. The average Bonchev–Trinajstić information content (AvgIpc) is 3.32. The van der Waals surface area contributed by atoms with Crippen molar-refractivity contribution < 1.29 is 0 Å². The van der Waals surface area contributed by atoms with Gasteiger partial charge in [-0.2, -0.15) is 0 Å². The molecule has 0 aromatic heterocycles. The van der Waals surface area contributed by atoms with Gasteiger partial charge in [0.15, 0.2) is 0 Å². The zero-order valence-electron chi connectivity index (χ0n) is 25.8. The fraction of sp³-hybridized carbons (Fsp3) is 0.156. The van der Waals surface area contributed by atoms with Gasteiger partial charge in [-0.15, -0.1) is 0 Å². The van der Waals surface area contributed by atoms with Crippen molar-refractivity contribution in [3.63, 3.8) is 0 Å². The van der Waals surface area contributed by atoms with Gasteiger partial charge < -0.3 is 0 Å². The van der Waals surface area contributed by atoms with Crippen LogP contribution in [0.25, 0.3) is 49.7 Å². The van der Waals surface area contributed by atoms with Crippen LogP contribution in [0.4, 0.5) is 0 Å². The third kappa shape index (κ3) is 4.20. The SMILES string of the molecule is CC1(C)c2cc(-c3cccc(C4=CC5C=CC=CC5C5C=CC=CC45)c3)ccc2-c2ccc(-c3ccc4ccccc4c3)cc21. The summed E-state index contributed by atoms with van der Waals surface area (Å²) in [6.45, 7) is 4.78. The topological polar surface area (TPSA) is 0 Å². The summed E-state index contributed by atoms with van der Waals surface area (Å²) in [6.07, 6.45) is 21.1. The lowest BCUT2D eigenvalue weighted by Gasteiger charge is -2.40. The van der Waals surface area contributed by atoms with E-state index in [1.807, 2.05) is 0 Å². The minimum atomic E-state index is -0.0840. The molecule has 5 aromatic rings. The van der Waals surface area contributed by atoms with Crippen LogP contribution in [0, 0.1) is 23.7 Å². The van der Waals surface area contributed by atoms with Crippen LogP contribution < -0.4 is 0 Å². The third-order valence-electron chi connectivity index (χ3n) is 10.9. The largest absolute Gasteiger partial charge is 0.0799 e. The predicted molar refractivity (Wildman–Crippen MR) is 191 cm³/mol. The molecule has 4 atom stereocenters. The number of benzene rings is 5. The van der Waals surface area contributed by atoms with Crippen LogP contribution in [-0.2, 0) is 5.41 Å². The highest BCUT2D eigenvalue weighted by Gasteiger charge is 2.38. The van der Waals surface area contributed by atoms with Crippen molar-refractivity contribution in [1.82, 2.24) is 0 Å². The Morgan fingerprint density at radius 1 is 0.467 bits per heavy atom. The van der Waals surface area contributed by atoms with Crippen LogP contribution in [0.1, 0.15) is 30.5 Å². The van der Waals surface area contributed by atoms with Crippen molar-refractivity contribution >= 4 is 16.3 Å². The molecule has 0 saturated carbocycles. The Labute approximate surface area is 266 Å². The van der Waals surface area contributed by atoms with Gasteiger partial charge in [0.25, 0.3) is 0 Å². The second kappa shape index (κ2) is 10.0. The summed E-state index contributed by atoms with van der Waals surface area (Å²) in [5.74, 6) is 1.90. The highest BCUT2D eigenvalue weighted by atomic mass is 14.4. The Balaban J connectivity index is 1.08. The first-order valence-electron chi connectivity index (χ1n) is 16.4. The van der Waals surface area contributed by atoms with Gasteiger partial charge in [0.1, 0.15) is 0 Å². The van der Waals surface area contributed by atoms with E-state index >= 15 is 0 Å². The van der Waals surface area contributed by atoms with Gasteiger partial charge in [-0.05, 0) is 103 Å². The zero-order chi connectivity index (χ0) is 30.1. The molecule has 0 spiro atoms. The van der Waals surface area contributed by atoms with Crippen LogP contribution in [0.15, 0.2) is 158 Å². The minimum absolute atomic E-state index is 0.0840. The minimum Gasteiger partial charge on any atom is -0.0799 e. The normalized spacial score (nSPS) is 23.3. The van der Waals surface area contributed by atoms with Crippen molar-refractivity contribution in [1.29, 1.82) is 0 Å². The summed E-state index contributed by atoms with van der Waals surface area (Å²) in [6, 6.07) is 38.9. The summed E-state index contributed by atoms with van der Waals surface area (Å²) in [4.78, 5) is 0. The van der Waals surface area contributed by atoms with Crippen molar-refractivity contribution in [3.8, 4) is 33.4 Å². The summed E-state index contributed by atoms with van der Waals surface area (Å²) >= 11 is 0. The van der Waals surface area contributed by atoms with Crippen LogP contribution >= 0.6 is 0 Å². The molecule has 0 bridgehead atoms. The van der Waals surface area contributed by atoms with Gasteiger partial charge in [0.05, 0.1) is 0 Å². The lowest BCUT2D eigenvalue weighted by molar-refractivity contribution is 0.357. The maximum atomic E-state index is 2.53. The molecule has 4 aliphatic rings. The average molecular weight is 577 g/mol. The number of hydrogen-bond donors (Lipinski definition) is 0. The molecule has 45 heavy (non-hydrogen) atoms. The van der Waals surface area contributed by atoms with Crippen molar-refractivity contribution in [3.05, 3.63) is 175 Å². The van der Waals surface area contributed by atoms with Gasteiger partial charge in [0, 0.05) is 17.3 Å². The molecule has 0 amide bonds. The van der Waals surface area contributed by atoms with Crippen LogP contribution in [0.5, 0.6) is 0 Å². The molecule has 4 unspecified atom stereocenters. The van der Waals surface area contributed by atoms with E-state index in [0.717, 1.165) is 0 Å². The van der Waals surface area contributed by atoms with E-state index < -0.39 is 0 Å². The second-order valence-corrected chi connectivity index (χ2v) is 13.7. The Hall–Kier alpha value is -4.94. The monoisotopic (exact) mass is 576 g/mol. The standard InChI is InChI=1S/C45H36/c1-45(2)43-27-33(20-22-40(43)41-23-21-34(28-44(41)45)32-19-18-29-10-3-4-11-30(29)24-32)31-13-9-14-35(25-31)42-26-36-12-5-6-15-37(36)38-16-7-8-17-39(38)42/h3-28,36-39H,1-2H3. The predicted octanol–water partition coefficient (Wildman–Crippen LogP) is 11.6. The van der Waals surface area contributed by atoms with Crippen LogP contribution in [0.2, 0.25) is 0 Å². The van der Waals surface area contributed by atoms with Gasteiger partial charge >= 0.3 is 0 Å². The fourth-order valence-electron chi connectivity index (χ4n) is 8.45. The van der Waals surface area contributed by atoms with Crippen molar-refractivity contribution in [2.45, 2.75) is 19.3 Å². The van der Waals surface area contributed by atoms with Gasteiger partial charge in [-0.3, -0.25) is 0 Å². The smallest absolute Gasteiger partial charge is 0.0159 e. The first-order chi connectivity index (χ1) is 22.0. The second-order valence-electron chi connectivity index (χ2n) is 13.7.